The molecule has 0 radical (unpaired) electrons. The fourth-order valence-corrected chi connectivity index (χ4v) is 1.85. The Balaban J connectivity index is 2.12. The molecule has 2 aromatic heterocycles. The van der Waals surface area contributed by atoms with Crippen LogP contribution in [0, 0.1) is 0 Å². The predicted octanol–water partition coefficient (Wildman–Crippen LogP) is 2.08. The minimum absolute atomic E-state index is 0.165. The average molecular weight is 296 g/mol. The Labute approximate surface area is 121 Å². The number of hydrogen-bond donors (Lipinski definition) is 0. The van der Waals surface area contributed by atoms with Gasteiger partial charge in [0, 0.05) is 24.9 Å². The molecule has 0 aliphatic rings. The lowest BCUT2D eigenvalue weighted by atomic mass is 10.2. The number of nitrogens with zero attached hydrogens (tertiary/aromatic N) is 3. The molecular weight excluding hydrogens is 282 g/mol. The summed E-state index contributed by atoms with van der Waals surface area (Å²) in [5, 5.41) is 4.57. The third-order valence-corrected chi connectivity index (χ3v) is 2.73. The number of ether oxygens (including phenoxy) is 2. The molecule has 0 aromatic carbocycles. The van der Waals surface area contributed by atoms with Crippen LogP contribution in [-0.4, -0.2) is 33.9 Å². The van der Waals surface area contributed by atoms with Crippen LogP contribution >= 0.6 is 11.6 Å². The van der Waals surface area contributed by atoms with Crippen LogP contribution in [-0.2, 0) is 16.6 Å². The minimum Gasteiger partial charge on any atom is -0.465 e. The number of carbonyl (C=O) groups excluding carboxylic acids is 1. The highest BCUT2D eigenvalue weighted by molar-refractivity contribution is 6.29. The second-order valence-electron chi connectivity index (χ2n) is 3.95. The highest BCUT2D eigenvalue weighted by atomic mass is 35.5. The smallest absolute Gasteiger partial charge is 0.344 e. The van der Waals surface area contributed by atoms with E-state index in [1.54, 1.807) is 37.0 Å². The molecule has 2 rings (SSSR count). The van der Waals surface area contributed by atoms with E-state index in [1.165, 1.54) is 0 Å². The number of rotatable bonds is 5. The summed E-state index contributed by atoms with van der Waals surface area (Å²) in [7, 11) is 1.78. The Morgan fingerprint density at radius 3 is 2.95 bits per heavy atom. The van der Waals surface area contributed by atoms with Gasteiger partial charge in [-0.15, -0.1) is 5.10 Å². The fraction of sp³-hybridized carbons (Fsp3) is 0.308. The summed E-state index contributed by atoms with van der Waals surface area (Å²) in [6.07, 6.45) is 1.61. The van der Waals surface area contributed by atoms with Gasteiger partial charge in [-0.05, 0) is 19.1 Å². The molecule has 20 heavy (non-hydrogen) atoms. The summed E-state index contributed by atoms with van der Waals surface area (Å²) < 4.78 is 11.7. The van der Waals surface area contributed by atoms with Gasteiger partial charge in [-0.3, -0.25) is 4.68 Å². The molecule has 2 heterocycles. The van der Waals surface area contributed by atoms with Gasteiger partial charge in [0.1, 0.15) is 5.15 Å². The molecule has 0 aliphatic carbocycles. The standard InChI is InChI=1S/C13H14ClN3O3/c1-3-19-13(18)8-20-12-7-10(17(2)16-12)9-4-5-15-11(14)6-9/h4-7H,3,8H2,1-2H3. The monoisotopic (exact) mass is 295 g/mol. The second-order valence-corrected chi connectivity index (χ2v) is 4.34. The molecule has 7 heteroatoms. The van der Waals surface area contributed by atoms with Gasteiger partial charge in [0.25, 0.3) is 0 Å². The predicted molar refractivity (Wildman–Crippen MR) is 73.6 cm³/mol. The van der Waals surface area contributed by atoms with Crippen molar-refractivity contribution >= 4 is 17.6 Å². The zero-order chi connectivity index (χ0) is 14.5. The van der Waals surface area contributed by atoms with Gasteiger partial charge < -0.3 is 9.47 Å². The number of aromatic nitrogens is 3. The third kappa shape index (κ3) is 3.48. The maximum Gasteiger partial charge on any atom is 0.344 e. The second kappa shape index (κ2) is 6.38. The van der Waals surface area contributed by atoms with Gasteiger partial charge in [-0.25, -0.2) is 9.78 Å². The van der Waals surface area contributed by atoms with E-state index in [9.17, 15) is 4.79 Å². The average Bonchev–Trinajstić information content (AvgIpc) is 2.78. The van der Waals surface area contributed by atoms with Gasteiger partial charge >= 0.3 is 5.97 Å². The zero-order valence-electron chi connectivity index (χ0n) is 11.2. The number of aryl methyl sites for hydroxylation is 1. The number of pyridine rings is 1. The Kier molecular flexibility index (Phi) is 4.57. The van der Waals surface area contributed by atoms with Crippen molar-refractivity contribution in [2.75, 3.05) is 13.2 Å². The summed E-state index contributed by atoms with van der Waals surface area (Å²) in [4.78, 5) is 15.1. The lowest BCUT2D eigenvalue weighted by Gasteiger charge is -2.01. The van der Waals surface area contributed by atoms with Gasteiger partial charge in [0.05, 0.1) is 12.3 Å². The Morgan fingerprint density at radius 1 is 1.45 bits per heavy atom. The van der Waals surface area contributed by atoms with Crippen LogP contribution < -0.4 is 4.74 Å². The zero-order valence-corrected chi connectivity index (χ0v) is 11.9. The molecule has 0 N–H and O–H groups in total. The minimum atomic E-state index is -0.424. The fourth-order valence-electron chi connectivity index (χ4n) is 1.68. The van der Waals surface area contributed by atoms with Gasteiger partial charge in [0.15, 0.2) is 6.61 Å². The highest BCUT2D eigenvalue weighted by Crippen LogP contribution is 2.24. The van der Waals surface area contributed by atoms with Crippen LogP contribution in [0.25, 0.3) is 11.3 Å². The van der Waals surface area contributed by atoms with E-state index in [1.807, 2.05) is 6.07 Å². The molecule has 106 valence electrons. The first kappa shape index (κ1) is 14.3. The SMILES string of the molecule is CCOC(=O)COc1cc(-c2ccnc(Cl)c2)n(C)n1. The summed E-state index contributed by atoms with van der Waals surface area (Å²) in [6, 6.07) is 5.27. The maximum atomic E-state index is 11.2. The molecule has 2 aromatic rings. The molecule has 0 spiro atoms. The molecule has 0 unspecified atom stereocenters. The summed E-state index contributed by atoms with van der Waals surface area (Å²) in [6.45, 7) is 1.90. The lowest BCUT2D eigenvalue weighted by Crippen LogP contribution is -2.14. The largest absolute Gasteiger partial charge is 0.465 e. The molecule has 0 aliphatic heterocycles. The molecule has 0 saturated carbocycles. The Bertz CT molecular complexity index is 613. The van der Waals surface area contributed by atoms with E-state index in [0.29, 0.717) is 17.6 Å². The van der Waals surface area contributed by atoms with E-state index < -0.39 is 5.97 Å². The van der Waals surface area contributed by atoms with Crippen LogP contribution in [0.4, 0.5) is 0 Å². The van der Waals surface area contributed by atoms with E-state index in [4.69, 9.17) is 21.1 Å². The van der Waals surface area contributed by atoms with Crippen molar-refractivity contribution in [1.82, 2.24) is 14.8 Å². The van der Waals surface area contributed by atoms with E-state index in [0.717, 1.165) is 11.3 Å². The summed E-state index contributed by atoms with van der Waals surface area (Å²) in [5.41, 5.74) is 1.68. The Morgan fingerprint density at radius 2 is 2.25 bits per heavy atom. The van der Waals surface area contributed by atoms with Crippen molar-refractivity contribution in [1.29, 1.82) is 0 Å². The van der Waals surface area contributed by atoms with E-state index >= 15 is 0 Å². The molecule has 0 bridgehead atoms. The van der Waals surface area contributed by atoms with Crippen molar-refractivity contribution in [3.63, 3.8) is 0 Å². The van der Waals surface area contributed by atoms with Gasteiger partial charge in [-0.1, -0.05) is 11.6 Å². The first-order valence-corrected chi connectivity index (χ1v) is 6.42. The molecule has 0 fully saturated rings. The normalized spacial score (nSPS) is 10.3. The number of halogens is 1. The van der Waals surface area contributed by atoms with E-state index in [2.05, 4.69) is 10.1 Å². The first-order chi connectivity index (χ1) is 9.60. The molecular formula is C13H14ClN3O3. The number of esters is 1. The molecule has 6 nitrogen and oxygen atoms in total. The van der Waals surface area contributed by atoms with Crippen LogP contribution in [0.2, 0.25) is 5.15 Å². The van der Waals surface area contributed by atoms with Crippen LogP contribution in [0.5, 0.6) is 5.88 Å². The summed E-state index contributed by atoms with van der Waals surface area (Å²) >= 11 is 5.86. The van der Waals surface area contributed by atoms with Crippen molar-refractivity contribution in [3.05, 3.63) is 29.5 Å². The molecule has 0 atom stereocenters. The summed E-state index contributed by atoms with van der Waals surface area (Å²) in [5.74, 6) is -0.0739. The third-order valence-electron chi connectivity index (χ3n) is 2.52. The topological polar surface area (TPSA) is 66.2 Å². The highest BCUT2D eigenvalue weighted by Gasteiger charge is 2.11. The number of carbonyl (C=O) groups is 1. The first-order valence-electron chi connectivity index (χ1n) is 6.04. The van der Waals surface area contributed by atoms with Crippen molar-refractivity contribution in [3.8, 4) is 17.1 Å². The Hall–Kier alpha value is -2.08. The molecule has 0 saturated heterocycles. The maximum absolute atomic E-state index is 11.2. The van der Waals surface area contributed by atoms with Gasteiger partial charge in [-0.2, -0.15) is 0 Å². The van der Waals surface area contributed by atoms with Crippen LogP contribution in [0.1, 0.15) is 6.92 Å². The van der Waals surface area contributed by atoms with Crippen LogP contribution in [0.3, 0.4) is 0 Å². The van der Waals surface area contributed by atoms with Crippen molar-refractivity contribution in [2.24, 2.45) is 7.05 Å². The van der Waals surface area contributed by atoms with Crippen LogP contribution in [0.15, 0.2) is 24.4 Å². The quantitative estimate of drug-likeness (QED) is 0.624. The van der Waals surface area contributed by atoms with Crippen molar-refractivity contribution < 1.29 is 14.3 Å². The number of hydrogen-bond acceptors (Lipinski definition) is 5. The van der Waals surface area contributed by atoms with Crippen molar-refractivity contribution in [2.45, 2.75) is 6.92 Å². The van der Waals surface area contributed by atoms with E-state index in [-0.39, 0.29) is 6.61 Å². The lowest BCUT2D eigenvalue weighted by molar-refractivity contribution is -0.145. The van der Waals surface area contributed by atoms with Gasteiger partial charge in [0.2, 0.25) is 5.88 Å². The molecule has 0 amide bonds.